The monoisotopic (exact) mass is 566 g/mol. The Labute approximate surface area is 247 Å². The summed E-state index contributed by atoms with van der Waals surface area (Å²) in [4.78, 5) is 28.7. The number of likely N-dealkylation sites (N-methyl/N-ethyl adjacent to an activating group) is 1. The van der Waals surface area contributed by atoms with Crippen molar-refractivity contribution in [2.75, 3.05) is 44.7 Å². The molecule has 0 spiro atoms. The molecule has 0 saturated carbocycles. The zero-order chi connectivity index (χ0) is 29.2. The number of phenols is 1. The number of nitriles is 1. The van der Waals surface area contributed by atoms with Gasteiger partial charge in [0, 0.05) is 31.2 Å². The molecule has 0 radical (unpaired) electrons. The normalized spacial score (nSPS) is 22.5. The van der Waals surface area contributed by atoms with Crippen LogP contribution in [0.5, 0.6) is 11.8 Å². The van der Waals surface area contributed by atoms with E-state index in [9.17, 15) is 15.2 Å². The molecule has 1 aromatic heterocycles. The number of aromatic hydroxyl groups is 1. The van der Waals surface area contributed by atoms with E-state index in [4.69, 9.17) is 14.7 Å². The molecule has 1 N–H and O–H groups in total. The summed E-state index contributed by atoms with van der Waals surface area (Å²) >= 11 is 0. The number of fused-ring (bicyclic) bond motifs is 2. The highest BCUT2D eigenvalue weighted by Crippen LogP contribution is 2.40. The van der Waals surface area contributed by atoms with Gasteiger partial charge in [0.1, 0.15) is 18.2 Å². The van der Waals surface area contributed by atoms with Gasteiger partial charge in [-0.2, -0.15) is 15.2 Å². The lowest BCUT2D eigenvalue weighted by molar-refractivity contribution is -0.128. The van der Waals surface area contributed by atoms with Crippen molar-refractivity contribution in [3.8, 4) is 17.8 Å². The largest absolute Gasteiger partial charge is 0.508 e. The highest BCUT2D eigenvalue weighted by Gasteiger charge is 2.34. The van der Waals surface area contributed by atoms with Crippen LogP contribution in [0, 0.1) is 11.3 Å². The van der Waals surface area contributed by atoms with Gasteiger partial charge in [-0.25, -0.2) is 0 Å². The molecule has 2 saturated heterocycles. The Kier molecular flexibility index (Phi) is 7.98. The lowest BCUT2D eigenvalue weighted by Crippen LogP contribution is -2.55. The van der Waals surface area contributed by atoms with E-state index in [0.29, 0.717) is 44.7 Å². The van der Waals surface area contributed by atoms with Gasteiger partial charge >= 0.3 is 6.01 Å². The smallest absolute Gasteiger partial charge is 0.318 e. The number of rotatable bonds is 7. The summed E-state index contributed by atoms with van der Waals surface area (Å²) in [5.41, 5.74) is 3.22. The average molecular weight is 567 g/mol. The summed E-state index contributed by atoms with van der Waals surface area (Å²) in [6.07, 6.45) is 6.23. The van der Waals surface area contributed by atoms with Crippen molar-refractivity contribution >= 4 is 22.5 Å². The quantitative estimate of drug-likeness (QED) is 0.425. The number of ether oxygens (including phenoxy) is 1. The van der Waals surface area contributed by atoms with Crippen molar-refractivity contribution in [1.29, 1.82) is 5.26 Å². The minimum absolute atomic E-state index is 0.148. The average Bonchev–Trinajstić information content (AvgIpc) is 3.42. The van der Waals surface area contributed by atoms with Crippen LogP contribution in [0.1, 0.15) is 48.4 Å². The Morgan fingerprint density at radius 1 is 1.19 bits per heavy atom. The SMILES string of the molecule is C=CC(=O)N1CCN(c2nc(OCC3CCCN3C)nc3c2CCC(c2cc(O)cc4ccccc24)C3)CC1CC#N. The molecule has 9 heteroatoms. The third kappa shape index (κ3) is 5.51. The van der Waals surface area contributed by atoms with Crippen molar-refractivity contribution < 1.29 is 14.6 Å². The second kappa shape index (κ2) is 12.0. The van der Waals surface area contributed by atoms with Gasteiger partial charge in [-0.3, -0.25) is 4.79 Å². The van der Waals surface area contributed by atoms with Crippen LogP contribution in [0.3, 0.4) is 0 Å². The number of anilines is 1. The molecule has 42 heavy (non-hydrogen) atoms. The molecule has 2 aromatic carbocycles. The van der Waals surface area contributed by atoms with Gasteiger partial charge in [0.15, 0.2) is 0 Å². The molecular formula is C33H38N6O3. The number of hydrogen-bond donors (Lipinski definition) is 1. The predicted molar refractivity (Wildman–Crippen MR) is 162 cm³/mol. The molecule has 1 amide bonds. The molecule has 1 aliphatic carbocycles. The number of piperazine rings is 1. The molecule has 3 aliphatic rings. The highest BCUT2D eigenvalue weighted by atomic mass is 16.5. The van der Waals surface area contributed by atoms with Crippen LogP contribution in [0.15, 0.2) is 49.1 Å². The van der Waals surface area contributed by atoms with E-state index < -0.39 is 0 Å². The summed E-state index contributed by atoms with van der Waals surface area (Å²) in [6.45, 7) is 6.87. The van der Waals surface area contributed by atoms with Gasteiger partial charge < -0.3 is 24.5 Å². The Morgan fingerprint density at radius 3 is 2.83 bits per heavy atom. The van der Waals surface area contributed by atoms with E-state index in [1.807, 2.05) is 30.3 Å². The van der Waals surface area contributed by atoms with Crippen LogP contribution in [-0.2, 0) is 17.6 Å². The first-order valence-electron chi connectivity index (χ1n) is 14.9. The third-order valence-corrected chi connectivity index (χ3v) is 9.19. The number of phenolic OH excluding ortho intramolecular Hbond substituents is 1. The first-order chi connectivity index (χ1) is 20.4. The summed E-state index contributed by atoms with van der Waals surface area (Å²) < 4.78 is 6.28. The lowest BCUT2D eigenvalue weighted by atomic mass is 9.80. The molecule has 218 valence electrons. The van der Waals surface area contributed by atoms with Gasteiger partial charge in [-0.1, -0.05) is 30.8 Å². The fourth-order valence-corrected chi connectivity index (χ4v) is 6.92. The van der Waals surface area contributed by atoms with E-state index in [0.717, 1.165) is 65.6 Å². The summed E-state index contributed by atoms with van der Waals surface area (Å²) in [6, 6.07) is 14.6. The molecule has 9 nitrogen and oxygen atoms in total. The number of carbonyl (C=O) groups is 1. The maximum absolute atomic E-state index is 12.5. The van der Waals surface area contributed by atoms with Crippen LogP contribution in [0.2, 0.25) is 0 Å². The summed E-state index contributed by atoms with van der Waals surface area (Å²) in [5.74, 6) is 1.17. The highest BCUT2D eigenvalue weighted by molar-refractivity contribution is 5.88. The van der Waals surface area contributed by atoms with Gasteiger partial charge in [-0.05, 0) is 86.2 Å². The van der Waals surface area contributed by atoms with Crippen molar-refractivity contribution in [1.82, 2.24) is 19.8 Å². The molecule has 2 fully saturated rings. The molecular weight excluding hydrogens is 528 g/mol. The third-order valence-electron chi connectivity index (χ3n) is 9.19. The molecule has 3 atom stereocenters. The molecule has 3 aromatic rings. The Bertz CT molecular complexity index is 1530. The Balaban J connectivity index is 1.34. The zero-order valence-corrected chi connectivity index (χ0v) is 24.2. The van der Waals surface area contributed by atoms with E-state index in [-0.39, 0.29) is 30.0 Å². The number of amides is 1. The minimum atomic E-state index is -0.244. The van der Waals surface area contributed by atoms with Gasteiger partial charge in [-0.15, -0.1) is 0 Å². The van der Waals surface area contributed by atoms with Crippen LogP contribution < -0.4 is 9.64 Å². The van der Waals surface area contributed by atoms with Crippen LogP contribution in [0.25, 0.3) is 10.8 Å². The zero-order valence-electron chi connectivity index (χ0n) is 24.2. The van der Waals surface area contributed by atoms with E-state index in [1.165, 1.54) is 6.08 Å². The van der Waals surface area contributed by atoms with Crippen LogP contribution >= 0.6 is 0 Å². The molecule has 6 rings (SSSR count). The Morgan fingerprint density at radius 2 is 2.05 bits per heavy atom. The standard InChI is InChI=1S/C33H38N6O3/c1-3-31(41)39-16-15-38(20-24(39)12-13-34)32-28-11-10-23(29-19-26(40)17-22-7-4-5-9-27(22)29)18-30(28)35-33(36-32)42-21-25-8-6-14-37(25)2/h3-5,7,9,17,19,23-25,40H,1,6,8,10-12,14-16,18,20-21H2,2H3. The van der Waals surface area contributed by atoms with Crippen LogP contribution in [0.4, 0.5) is 5.82 Å². The maximum atomic E-state index is 12.5. The van der Waals surface area contributed by atoms with Gasteiger partial charge in [0.05, 0.1) is 24.2 Å². The van der Waals surface area contributed by atoms with Crippen molar-refractivity contribution in [3.63, 3.8) is 0 Å². The number of benzene rings is 2. The van der Waals surface area contributed by atoms with Crippen molar-refractivity contribution in [2.45, 2.75) is 56.5 Å². The number of aromatic nitrogens is 2. The predicted octanol–water partition coefficient (Wildman–Crippen LogP) is 4.20. The topological polar surface area (TPSA) is 106 Å². The second-order valence-electron chi connectivity index (χ2n) is 11.7. The number of likely N-dealkylation sites (tertiary alicyclic amines) is 1. The first kappa shape index (κ1) is 28.0. The minimum Gasteiger partial charge on any atom is -0.508 e. The van der Waals surface area contributed by atoms with Crippen molar-refractivity contribution in [2.24, 2.45) is 0 Å². The number of carbonyl (C=O) groups excluding carboxylic acids is 1. The molecule has 3 unspecified atom stereocenters. The van der Waals surface area contributed by atoms with Crippen molar-refractivity contribution in [3.05, 3.63) is 65.9 Å². The van der Waals surface area contributed by atoms with E-state index in [1.54, 1.807) is 4.90 Å². The molecule has 0 bridgehead atoms. The summed E-state index contributed by atoms with van der Waals surface area (Å²) in [7, 11) is 2.13. The second-order valence-corrected chi connectivity index (χ2v) is 11.7. The molecule has 2 aliphatic heterocycles. The van der Waals surface area contributed by atoms with Crippen LogP contribution in [-0.4, -0.2) is 82.7 Å². The maximum Gasteiger partial charge on any atom is 0.318 e. The number of hydrogen-bond acceptors (Lipinski definition) is 8. The van der Waals surface area contributed by atoms with E-state index in [2.05, 4.69) is 35.6 Å². The van der Waals surface area contributed by atoms with Gasteiger partial charge in [0.25, 0.3) is 0 Å². The lowest BCUT2D eigenvalue weighted by Gasteiger charge is -2.42. The van der Waals surface area contributed by atoms with E-state index >= 15 is 0 Å². The van der Waals surface area contributed by atoms with Gasteiger partial charge in [0.2, 0.25) is 5.91 Å². The molecule has 3 heterocycles. The summed E-state index contributed by atoms with van der Waals surface area (Å²) in [5, 5.41) is 22.2. The fraction of sp³-hybridized carbons (Fsp3) is 0.455. The first-order valence-corrected chi connectivity index (χ1v) is 14.9. The Hall–Kier alpha value is -4.16. The fourth-order valence-electron chi connectivity index (χ4n) is 6.92. The number of nitrogens with zero attached hydrogens (tertiary/aromatic N) is 6.